The number of rotatable bonds is 5. The van der Waals surface area contributed by atoms with Gasteiger partial charge in [0, 0.05) is 0 Å². The molecule has 0 aromatic carbocycles. The molecule has 0 aliphatic rings. The van der Waals surface area contributed by atoms with Gasteiger partial charge in [-0.15, -0.1) is 0 Å². The first-order valence-electron chi connectivity index (χ1n) is 4.83. The number of carbonyl (C=O) groups is 2. The monoisotopic (exact) mass is 322 g/mol. The molecule has 122 valence electrons. The van der Waals surface area contributed by atoms with Crippen molar-refractivity contribution in [2.24, 2.45) is 0 Å². The van der Waals surface area contributed by atoms with Crippen molar-refractivity contribution in [2.75, 3.05) is 6.61 Å². The second-order valence-electron chi connectivity index (χ2n) is 3.29. The summed E-state index contributed by atoms with van der Waals surface area (Å²) in [7, 11) is 0. The third kappa shape index (κ3) is 9.24. The number of ether oxygens (including phenoxy) is 1. The number of carboxylic acids is 1. The molecule has 0 bridgehead atoms. The first-order chi connectivity index (χ1) is 9.22. The van der Waals surface area contributed by atoms with Gasteiger partial charge in [-0.25, -0.2) is 9.59 Å². The Morgan fingerprint density at radius 3 is 1.57 bits per heavy atom. The van der Waals surface area contributed by atoms with Crippen LogP contribution in [0, 0.1) is 0 Å². The minimum Gasteiger partial charge on any atom is -0.502 e. The number of alkyl halides is 5. The van der Waals surface area contributed by atoms with E-state index in [1.165, 1.54) is 0 Å². The zero-order valence-corrected chi connectivity index (χ0v) is 10.3. The Labute approximate surface area is 114 Å². The van der Waals surface area contributed by atoms with Crippen molar-refractivity contribution in [1.29, 1.82) is 0 Å². The molecule has 0 heterocycles. The first kappa shape index (κ1) is 21.0. The number of carboxylic acid groups (broad SMARTS) is 1. The van der Waals surface area contributed by atoms with Crippen molar-refractivity contribution in [3.05, 3.63) is 24.7 Å². The number of aliphatic carboxylic acids is 1. The third-order valence-electron chi connectivity index (χ3n) is 1.55. The number of hydrogen-bond acceptors (Lipinski definition) is 5. The molecule has 0 radical (unpaired) electrons. The Hall–Kier alpha value is -2.33. The molecule has 0 aliphatic heterocycles. The van der Waals surface area contributed by atoms with Crippen LogP contribution in [0.3, 0.4) is 0 Å². The molecular weight excluding hydrogens is 311 g/mol. The number of carbonyl (C=O) groups excluding carboxylic acids is 1. The molecule has 0 unspecified atom stereocenters. The Morgan fingerprint density at radius 2 is 1.33 bits per heavy atom. The van der Waals surface area contributed by atoms with Gasteiger partial charge in [0.15, 0.2) is 11.5 Å². The predicted molar refractivity (Wildman–Crippen MR) is 57.8 cm³/mol. The highest BCUT2D eigenvalue weighted by Gasteiger charge is 2.56. The van der Waals surface area contributed by atoms with Crippen LogP contribution in [0.4, 0.5) is 22.0 Å². The minimum absolute atomic E-state index is 0.824. The summed E-state index contributed by atoms with van der Waals surface area (Å²) in [6, 6.07) is 0. The lowest BCUT2D eigenvalue weighted by Gasteiger charge is -2.18. The normalized spacial score (nSPS) is 10.9. The van der Waals surface area contributed by atoms with E-state index in [-0.39, 0.29) is 0 Å². The highest BCUT2D eigenvalue weighted by Crippen LogP contribution is 2.37. The van der Waals surface area contributed by atoms with Crippen LogP contribution >= 0.6 is 0 Å². The van der Waals surface area contributed by atoms with Gasteiger partial charge in [-0.1, -0.05) is 0 Å². The summed E-state index contributed by atoms with van der Waals surface area (Å²) >= 11 is 0. The Kier molecular flexibility index (Phi) is 8.06. The van der Waals surface area contributed by atoms with Gasteiger partial charge < -0.3 is 20.1 Å². The van der Waals surface area contributed by atoms with E-state index in [1.54, 1.807) is 0 Å². The van der Waals surface area contributed by atoms with Crippen molar-refractivity contribution >= 4 is 11.9 Å². The average Bonchev–Trinajstić information content (AvgIpc) is 2.27. The molecule has 0 spiro atoms. The van der Waals surface area contributed by atoms with Crippen molar-refractivity contribution < 1.29 is 51.6 Å². The van der Waals surface area contributed by atoms with Gasteiger partial charge in [0.05, 0.1) is 13.0 Å². The summed E-state index contributed by atoms with van der Waals surface area (Å²) in [6.45, 7) is 4.24. The van der Waals surface area contributed by atoms with E-state index in [9.17, 15) is 31.5 Å². The van der Waals surface area contributed by atoms with Gasteiger partial charge in [0.1, 0.15) is 0 Å². The Bertz CT molecular complexity index is 403. The van der Waals surface area contributed by atoms with Gasteiger partial charge >= 0.3 is 24.0 Å². The second-order valence-corrected chi connectivity index (χ2v) is 3.29. The lowest BCUT2D eigenvalue weighted by Crippen LogP contribution is -2.37. The van der Waals surface area contributed by atoms with Gasteiger partial charge in [-0.05, 0) is 13.2 Å². The van der Waals surface area contributed by atoms with Gasteiger partial charge in [0.2, 0.25) is 0 Å². The van der Waals surface area contributed by atoms with Crippen LogP contribution in [0.5, 0.6) is 0 Å². The molecular formula is C10H11F5O6. The number of aliphatic hydroxyl groups excluding tert-OH is 2. The van der Waals surface area contributed by atoms with Gasteiger partial charge in [-0.3, -0.25) is 0 Å². The van der Waals surface area contributed by atoms with E-state index < -0.39 is 48.6 Å². The molecule has 0 saturated carbocycles. The lowest BCUT2D eigenvalue weighted by atomic mass is 10.2. The van der Waals surface area contributed by atoms with Crippen LogP contribution in [0.25, 0.3) is 0 Å². The second kappa shape index (κ2) is 8.07. The summed E-state index contributed by atoms with van der Waals surface area (Å²) < 4.78 is 62.9. The lowest BCUT2D eigenvalue weighted by molar-refractivity contribution is -0.286. The number of esters is 1. The van der Waals surface area contributed by atoms with E-state index >= 15 is 0 Å². The predicted octanol–water partition coefficient (Wildman–Crippen LogP) is 2.33. The molecule has 0 amide bonds. The topological polar surface area (TPSA) is 104 Å². The standard InChI is InChI=1S/C7H7F5O3.C3H4O3/c1-4(13)5(14)15-3-2-6(8,9)7(10,11)12;1-2(4)3(5)6/h13H,1-3H2;4H,1H2,(H,5,6). The fraction of sp³-hybridized carbons (Fsp3) is 0.400. The fourth-order valence-corrected chi connectivity index (χ4v) is 0.497. The molecule has 6 nitrogen and oxygen atoms in total. The smallest absolute Gasteiger partial charge is 0.453 e. The maximum absolute atomic E-state index is 12.2. The molecule has 11 heteroatoms. The number of aliphatic hydroxyl groups is 2. The summed E-state index contributed by atoms with van der Waals surface area (Å²) in [5.41, 5.74) is 0. The zero-order chi connectivity index (χ0) is 17.4. The van der Waals surface area contributed by atoms with Crippen LogP contribution in [0.1, 0.15) is 6.42 Å². The largest absolute Gasteiger partial charge is 0.502 e. The fourth-order valence-electron chi connectivity index (χ4n) is 0.497. The summed E-state index contributed by atoms with van der Waals surface area (Å²) in [5, 5.41) is 23.8. The molecule has 0 aromatic heterocycles. The molecule has 0 aromatic rings. The maximum Gasteiger partial charge on any atom is 0.453 e. The summed E-state index contributed by atoms with van der Waals surface area (Å²) in [4.78, 5) is 19.7. The average molecular weight is 322 g/mol. The Morgan fingerprint density at radius 1 is 0.952 bits per heavy atom. The Balaban J connectivity index is 0. The van der Waals surface area contributed by atoms with E-state index in [0.29, 0.717) is 0 Å². The third-order valence-corrected chi connectivity index (χ3v) is 1.55. The first-order valence-corrected chi connectivity index (χ1v) is 4.83. The highest BCUT2D eigenvalue weighted by atomic mass is 19.4. The van der Waals surface area contributed by atoms with Crippen molar-refractivity contribution in [1.82, 2.24) is 0 Å². The molecule has 0 atom stereocenters. The van der Waals surface area contributed by atoms with Gasteiger partial charge in [0.25, 0.3) is 0 Å². The van der Waals surface area contributed by atoms with Crippen molar-refractivity contribution in [3.8, 4) is 0 Å². The molecule has 0 aliphatic carbocycles. The SMILES string of the molecule is C=C(O)C(=O)O.C=C(O)C(=O)OCCC(F)(F)C(F)(F)F. The maximum atomic E-state index is 12.2. The van der Waals surface area contributed by atoms with E-state index in [2.05, 4.69) is 17.9 Å². The van der Waals surface area contributed by atoms with Crippen LogP contribution in [-0.4, -0.2) is 46.0 Å². The van der Waals surface area contributed by atoms with Crippen LogP contribution < -0.4 is 0 Å². The van der Waals surface area contributed by atoms with E-state index in [4.69, 9.17) is 15.3 Å². The number of hydrogen-bond donors (Lipinski definition) is 3. The van der Waals surface area contributed by atoms with Crippen LogP contribution in [0.15, 0.2) is 24.7 Å². The van der Waals surface area contributed by atoms with Gasteiger partial charge in [-0.2, -0.15) is 22.0 Å². The molecule has 0 saturated heterocycles. The van der Waals surface area contributed by atoms with Crippen molar-refractivity contribution in [3.63, 3.8) is 0 Å². The molecule has 0 rings (SSSR count). The summed E-state index contributed by atoms with van der Waals surface area (Å²) in [6.07, 6.45) is -7.38. The van der Waals surface area contributed by atoms with Crippen LogP contribution in [-0.2, 0) is 14.3 Å². The minimum atomic E-state index is -5.68. The van der Waals surface area contributed by atoms with Crippen molar-refractivity contribution in [2.45, 2.75) is 18.5 Å². The quantitative estimate of drug-likeness (QED) is 0.311. The van der Waals surface area contributed by atoms with Crippen LogP contribution in [0.2, 0.25) is 0 Å². The zero-order valence-electron chi connectivity index (χ0n) is 10.3. The highest BCUT2D eigenvalue weighted by molar-refractivity contribution is 5.84. The molecule has 21 heavy (non-hydrogen) atoms. The van der Waals surface area contributed by atoms with E-state index in [0.717, 1.165) is 0 Å². The molecule has 0 fully saturated rings. The molecule has 3 N–H and O–H groups in total. The number of halogens is 5. The van der Waals surface area contributed by atoms with E-state index in [1.807, 2.05) is 0 Å². The summed E-state index contributed by atoms with van der Waals surface area (Å²) in [5.74, 6) is -9.63.